The first-order chi connectivity index (χ1) is 17.5. The smallest absolute Gasteiger partial charge is 0.416 e. The first-order valence-electron chi connectivity index (χ1n) is 10.8. The van der Waals surface area contributed by atoms with Crippen LogP contribution in [0.1, 0.15) is 28.3 Å². The number of nitro benzene ring substituents is 1. The van der Waals surface area contributed by atoms with E-state index in [1.165, 1.54) is 37.4 Å². The first-order valence-corrected chi connectivity index (χ1v) is 10.8. The Labute approximate surface area is 208 Å². The molecule has 0 aromatic heterocycles. The lowest BCUT2D eigenvalue weighted by Gasteiger charge is -2.26. The van der Waals surface area contributed by atoms with Crippen molar-refractivity contribution in [1.29, 1.82) is 0 Å². The number of hydrogen-bond donors (Lipinski definition) is 1. The van der Waals surface area contributed by atoms with Gasteiger partial charge in [-0.05, 0) is 35.4 Å². The molecule has 8 nitrogen and oxygen atoms in total. The largest absolute Gasteiger partial charge is 0.507 e. The number of hydrogen-bond acceptors (Lipinski definition) is 6. The Morgan fingerprint density at radius 1 is 1.05 bits per heavy atom. The molecule has 1 unspecified atom stereocenters. The van der Waals surface area contributed by atoms with Crippen LogP contribution in [0.4, 0.5) is 18.9 Å². The Morgan fingerprint density at radius 2 is 1.73 bits per heavy atom. The molecule has 11 heteroatoms. The van der Waals surface area contributed by atoms with Crippen LogP contribution in [0, 0.1) is 10.1 Å². The molecule has 1 aliphatic rings. The quantitative estimate of drug-likeness (QED) is 0.159. The molecule has 3 aromatic carbocycles. The van der Waals surface area contributed by atoms with Crippen LogP contribution in [-0.4, -0.2) is 33.7 Å². The maximum absolute atomic E-state index is 13.2. The van der Waals surface area contributed by atoms with Crippen molar-refractivity contribution in [3.8, 4) is 5.75 Å². The number of likely N-dealkylation sites (tertiary alicyclic amines) is 1. The number of benzene rings is 3. The first kappa shape index (κ1) is 25.4. The van der Waals surface area contributed by atoms with Gasteiger partial charge < -0.3 is 14.7 Å². The molecule has 1 amide bonds. The van der Waals surface area contributed by atoms with E-state index in [-0.39, 0.29) is 28.9 Å². The highest BCUT2D eigenvalue weighted by Gasteiger charge is 2.46. The summed E-state index contributed by atoms with van der Waals surface area (Å²) < 4.78 is 44.9. The predicted molar refractivity (Wildman–Crippen MR) is 125 cm³/mol. The van der Waals surface area contributed by atoms with Crippen molar-refractivity contribution in [1.82, 2.24) is 4.90 Å². The average Bonchev–Trinajstić information content (AvgIpc) is 3.13. The molecular formula is C26H19F3N2O6. The number of carbonyl (C=O) groups is 2. The molecule has 0 spiro atoms. The van der Waals surface area contributed by atoms with E-state index in [0.717, 1.165) is 23.1 Å². The van der Waals surface area contributed by atoms with Crippen LogP contribution < -0.4 is 4.74 Å². The van der Waals surface area contributed by atoms with Crippen molar-refractivity contribution in [2.45, 2.75) is 18.8 Å². The van der Waals surface area contributed by atoms with Crippen LogP contribution in [0.25, 0.3) is 5.76 Å². The molecule has 3 aromatic rings. The molecule has 37 heavy (non-hydrogen) atoms. The van der Waals surface area contributed by atoms with E-state index in [1.807, 2.05) is 0 Å². The Kier molecular flexibility index (Phi) is 6.71. The van der Waals surface area contributed by atoms with Gasteiger partial charge in [-0.15, -0.1) is 0 Å². The number of nitro groups is 1. The molecule has 1 heterocycles. The number of aliphatic hydroxyl groups is 1. The lowest BCUT2D eigenvalue weighted by Crippen LogP contribution is -2.29. The lowest BCUT2D eigenvalue weighted by atomic mass is 9.95. The highest BCUT2D eigenvalue weighted by atomic mass is 19.4. The van der Waals surface area contributed by atoms with Gasteiger partial charge in [0.05, 0.1) is 29.2 Å². The number of halogens is 3. The zero-order chi connectivity index (χ0) is 26.9. The third kappa shape index (κ3) is 5.01. The second kappa shape index (κ2) is 9.76. The summed E-state index contributed by atoms with van der Waals surface area (Å²) in [7, 11) is 1.44. The number of Topliss-reactive ketones (excluding diaryl/α,β-unsaturated/α-hetero) is 1. The van der Waals surface area contributed by atoms with E-state index >= 15 is 0 Å². The van der Waals surface area contributed by atoms with Gasteiger partial charge in [0, 0.05) is 24.2 Å². The molecule has 1 fully saturated rings. The normalized spacial score (nSPS) is 17.2. The standard InChI is InChI=1S/C26H19F3N2O6/c1-37-20-10-8-16(9-11-20)22-21(23(32)17-5-3-7-19(13-17)31(35)36)24(33)25(34)30(22)14-15-4-2-6-18(12-15)26(27,28)29/h2-13,22,32H,14H2,1H3/b23-21-. The number of nitrogens with zero attached hydrogens (tertiary/aromatic N) is 2. The van der Waals surface area contributed by atoms with Gasteiger partial charge in [0.15, 0.2) is 0 Å². The number of ether oxygens (including phenoxy) is 1. The molecule has 0 radical (unpaired) electrons. The summed E-state index contributed by atoms with van der Waals surface area (Å²) in [5, 5.41) is 22.3. The number of carbonyl (C=O) groups excluding carboxylic acids is 2. The van der Waals surface area contributed by atoms with Crippen molar-refractivity contribution in [2.75, 3.05) is 7.11 Å². The number of alkyl halides is 3. The van der Waals surface area contributed by atoms with Crippen LogP contribution in [0.15, 0.2) is 78.4 Å². The Morgan fingerprint density at radius 3 is 2.35 bits per heavy atom. The zero-order valence-corrected chi connectivity index (χ0v) is 19.2. The summed E-state index contributed by atoms with van der Waals surface area (Å²) >= 11 is 0. The van der Waals surface area contributed by atoms with Crippen molar-refractivity contribution < 1.29 is 37.5 Å². The van der Waals surface area contributed by atoms with Gasteiger partial charge in [0.2, 0.25) is 0 Å². The second-order valence-corrected chi connectivity index (χ2v) is 8.21. The highest BCUT2D eigenvalue weighted by molar-refractivity contribution is 6.46. The Balaban J connectivity index is 1.85. The lowest BCUT2D eigenvalue weighted by molar-refractivity contribution is -0.384. The van der Waals surface area contributed by atoms with Crippen molar-refractivity contribution >= 4 is 23.1 Å². The fourth-order valence-corrected chi connectivity index (χ4v) is 4.14. The van der Waals surface area contributed by atoms with Crippen molar-refractivity contribution in [3.63, 3.8) is 0 Å². The number of non-ortho nitro benzene ring substituents is 1. The Hall–Kier alpha value is -4.67. The number of rotatable bonds is 6. The van der Waals surface area contributed by atoms with Crippen LogP contribution in [0.5, 0.6) is 5.75 Å². The molecule has 1 atom stereocenters. The summed E-state index contributed by atoms with van der Waals surface area (Å²) in [6, 6.07) is 14.3. The summed E-state index contributed by atoms with van der Waals surface area (Å²) in [5.41, 5.74) is -1.18. The van der Waals surface area contributed by atoms with Crippen LogP contribution in [0.2, 0.25) is 0 Å². The van der Waals surface area contributed by atoms with Gasteiger partial charge >= 0.3 is 6.18 Å². The van der Waals surface area contributed by atoms with Gasteiger partial charge in [-0.2, -0.15) is 13.2 Å². The summed E-state index contributed by atoms with van der Waals surface area (Å²) in [6.45, 7) is -0.364. The summed E-state index contributed by atoms with van der Waals surface area (Å²) in [5.74, 6) is -2.28. The molecule has 0 bridgehead atoms. The van der Waals surface area contributed by atoms with Gasteiger partial charge in [0.25, 0.3) is 17.4 Å². The molecule has 190 valence electrons. The fraction of sp³-hybridized carbons (Fsp3) is 0.154. The van der Waals surface area contributed by atoms with E-state index in [0.29, 0.717) is 11.3 Å². The molecule has 0 aliphatic carbocycles. The third-order valence-corrected chi connectivity index (χ3v) is 5.91. The maximum atomic E-state index is 13.2. The van der Waals surface area contributed by atoms with E-state index in [1.54, 1.807) is 24.3 Å². The molecule has 1 aliphatic heterocycles. The molecule has 1 N–H and O–H groups in total. The van der Waals surface area contributed by atoms with Crippen molar-refractivity contribution in [2.24, 2.45) is 0 Å². The van der Waals surface area contributed by atoms with Crippen LogP contribution in [0.3, 0.4) is 0 Å². The maximum Gasteiger partial charge on any atom is 0.416 e. The molecule has 1 saturated heterocycles. The SMILES string of the molecule is COc1ccc(C2/C(=C(/O)c3cccc([N+](=O)[O-])c3)C(=O)C(=O)N2Cc2cccc(C(F)(F)F)c2)cc1. The van der Waals surface area contributed by atoms with E-state index in [2.05, 4.69) is 0 Å². The summed E-state index contributed by atoms with van der Waals surface area (Å²) in [4.78, 5) is 37.8. The monoisotopic (exact) mass is 512 g/mol. The average molecular weight is 512 g/mol. The summed E-state index contributed by atoms with van der Waals surface area (Å²) in [6.07, 6.45) is -4.61. The van der Waals surface area contributed by atoms with Gasteiger partial charge in [-0.1, -0.05) is 36.4 Å². The second-order valence-electron chi connectivity index (χ2n) is 8.21. The van der Waals surface area contributed by atoms with Crippen molar-refractivity contribution in [3.05, 3.63) is 111 Å². The topological polar surface area (TPSA) is 110 Å². The predicted octanol–water partition coefficient (Wildman–Crippen LogP) is 5.24. The fourth-order valence-electron chi connectivity index (χ4n) is 4.14. The van der Waals surface area contributed by atoms with Crippen LogP contribution >= 0.6 is 0 Å². The van der Waals surface area contributed by atoms with Gasteiger partial charge in [-0.3, -0.25) is 19.7 Å². The van der Waals surface area contributed by atoms with E-state index in [4.69, 9.17) is 4.74 Å². The minimum Gasteiger partial charge on any atom is -0.507 e. The number of aliphatic hydroxyl groups excluding tert-OH is 1. The number of methoxy groups -OCH3 is 1. The highest BCUT2D eigenvalue weighted by Crippen LogP contribution is 2.41. The van der Waals surface area contributed by atoms with E-state index in [9.17, 15) is 38.0 Å². The molecule has 4 rings (SSSR count). The number of amides is 1. The minimum atomic E-state index is -4.61. The van der Waals surface area contributed by atoms with Crippen LogP contribution in [-0.2, 0) is 22.3 Å². The third-order valence-electron chi connectivity index (χ3n) is 5.91. The van der Waals surface area contributed by atoms with Gasteiger partial charge in [-0.25, -0.2) is 0 Å². The van der Waals surface area contributed by atoms with Gasteiger partial charge in [0.1, 0.15) is 11.5 Å². The zero-order valence-electron chi connectivity index (χ0n) is 19.2. The Bertz CT molecular complexity index is 1420. The minimum absolute atomic E-state index is 0.0650. The van der Waals surface area contributed by atoms with E-state index < -0.39 is 40.2 Å². The molecule has 0 saturated carbocycles. The number of ketones is 1. The molecular weight excluding hydrogens is 493 g/mol.